The maximum absolute atomic E-state index is 11.2. The Labute approximate surface area is 98.3 Å². The Hall–Kier alpha value is -2.24. The number of hydroxylamine groups is 1. The van der Waals surface area contributed by atoms with Crippen LogP contribution in [0.3, 0.4) is 0 Å². The van der Waals surface area contributed by atoms with Gasteiger partial charge < -0.3 is 19.8 Å². The fourth-order valence-corrected chi connectivity index (χ4v) is 1.33. The van der Waals surface area contributed by atoms with Crippen LogP contribution in [0.5, 0.6) is 11.5 Å². The second-order valence-electron chi connectivity index (χ2n) is 3.23. The summed E-state index contributed by atoms with van der Waals surface area (Å²) < 4.78 is 10.4. The minimum Gasteiger partial charge on any atom is -0.623 e. The van der Waals surface area contributed by atoms with E-state index >= 15 is 0 Å². The molecule has 0 fully saturated rings. The summed E-state index contributed by atoms with van der Waals surface area (Å²) in [6.07, 6.45) is 0.566. The zero-order chi connectivity index (χ0) is 12.8. The van der Waals surface area contributed by atoms with E-state index in [0.29, 0.717) is 28.0 Å². The lowest BCUT2D eigenvalue weighted by molar-refractivity contribution is -0.469. The number of hydrogen-bond donors (Lipinski definition) is 1. The van der Waals surface area contributed by atoms with Crippen molar-refractivity contribution in [3.63, 3.8) is 0 Å². The Balaban J connectivity index is 2.89. The van der Waals surface area contributed by atoms with Crippen molar-refractivity contribution in [3.8, 4) is 11.5 Å². The molecule has 0 spiro atoms. The van der Waals surface area contributed by atoms with Crippen molar-refractivity contribution < 1.29 is 24.1 Å². The number of carbonyl (C=O) groups is 1. The summed E-state index contributed by atoms with van der Waals surface area (Å²) >= 11 is 0. The van der Waals surface area contributed by atoms with Gasteiger partial charge in [0, 0.05) is 5.56 Å². The number of methoxy groups -OCH3 is 2. The van der Waals surface area contributed by atoms with E-state index in [1.807, 2.05) is 0 Å². The first kappa shape index (κ1) is 12.8. The van der Waals surface area contributed by atoms with Gasteiger partial charge in [-0.05, 0) is 18.2 Å². The molecule has 0 aliphatic heterocycles. The van der Waals surface area contributed by atoms with Crippen LogP contribution in [0, 0.1) is 5.21 Å². The van der Waals surface area contributed by atoms with Gasteiger partial charge in [-0.3, -0.25) is 0 Å². The molecule has 17 heavy (non-hydrogen) atoms. The predicted molar refractivity (Wildman–Crippen MR) is 60.6 cm³/mol. The smallest absolute Gasteiger partial charge is 0.394 e. The Morgan fingerprint density at radius 1 is 1.41 bits per heavy atom. The van der Waals surface area contributed by atoms with Crippen LogP contribution in [-0.4, -0.2) is 36.2 Å². The summed E-state index contributed by atoms with van der Waals surface area (Å²) in [5.41, 5.74) is 0.634. The number of hydrogen-bond acceptors (Lipinski definition) is 4. The van der Waals surface area contributed by atoms with Gasteiger partial charge in [0.1, 0.15) is 0 Å². The van der Waals surface area contributed by atoms with Crippen molar-refractivity contribution in [3.05, 3.63) is 29.0 Å². The van der Waals surface area contributed by atoms with E-state index in [2.05, 4.69) is 0 Å². The summed E-state index contributed by atoms with van der Waals surface area (Å²) in [5.74, 6) is -0.231. The zero-order valence-electron chi connectivity index (χ0n) is 9.54. The highest BCUT2D eigenvalue weighted by molar-refractivity contribution is 6.19. The lowest BCUT2D eigenvalue weighted by Gasteiger charge is -2.09. The second kappa shape index (κ2) is 5.74. The topological polar surface area (TPSA) is 81.8 Å². The molecule has 0 aromatic heterocycles. The largest absolute Gasteiger partial charge is 0.623 e. The molecule has 0 aliphatic carbocycles. The molecular formula is C11H13NO5. The number of carboxylic acid groups (broad SMARTS) is 1. The van der Waals surface area contributed by atoms with Crippen LogP contribution in [0.2, 0.25) is 0 Å². The van der Waals surface area contributed by atoms with Gasteiger partial charge >= 0.3 is 5.97 Å². The lowest BCUT2D eigenvalue weighted by Crippen LogP contribution is -2.11. The maximum Gasteiger partial charge on any atom is 0.394 e. The first-order valence-electron chi connectivity index (χ1n) is 4.79. The second-order valence-corrected chi connectivity index (χ2v) is 3.23. The van der Waals surface area contributed by atoms with E-state index in [1.165, 1.54) is 14.2 Å². The van der Waals surface area contributed by atoms with Crippen molar-refractivity contribution in [2.24, 2.45) is 0 Å². The molecule has 1 aromatic carbocycles. The first-order chi connectivity index (χ1) is 8.06. The molecule has 0 bridgehead atoms. The number of aliphatic carboxylic acids is 1. The van der Waals surface area contributed by atoms with Gasteiger partial charge in [-0.2, -0.15) is 0 Å². The van der Waals surface area contributed by atoms with E-state index in [-0.39, 0.29) is 6.54 Å². The van der Waals surface area contributed by atoms with Crippen LogP contribution in [-0.2, 0) is 11.3 Å². The molecule has 0 aliphatic rings. The molecule has 0 unspecified atom stereocenters. The highest BCUT2D eigenvalue weighted by Crippen LogP contribution is 2.27. The third-order valence-electron chi connectivity index (χ3n) is 2.04. The summed E-state index contributed by atoms with van der Waals surface area (Å²) in [6, 6.07) is 4.95. The summed E-state index contributed by atoms with van der Waals surface area (Å²) in [5, 5.41) is 19.6. The number of benzene rings is 1. The average molecular weight is 239 g/mol. The van der Waals surface area contributed by atoms with Crippen LogP contribution in [0.1, 0.15) is 5.56 Å². The molecule has 0 amide bonds. The number of nitrogens with zero attached hydrogens (tertiary/aromatic N) is 1. The van der Waals surface area contributed by atoms with E-state index in [0.717, 1.165) is 0 Å². The molecule has 1 rings (SSSR count). The van der Waals surface area contributed by atoms with E-state index in [1.54, 1.807) is 18.2 Å². The van der Waals surface area contributed by atoms with Gasteiger partial charge in [-0.15, -0.1) is 0 Å². The minimum absolute atomic E-state index is 0.0628. The number of ether oxygens (including phenoxy) is 2. The highest BCUT2D eigenvalue weighted by Gasteiger charge is 2.07. The summed E-state index contributed by atoms with van der Waals surface area (Å²) in [4.78, 5) is 10.3. The Bertz CT molecular complexity index is 441. The molecule has 0 saturated carbocycles. The maximum atomic E-state index is 11.2. The van der Waals surface area contributed by atoms with E-state index in [9.17, 15) is 10.0 Å². The predicted octanol–water partition coefficient (Wildman–Crippen LogP) is 0.869. The monoisotopic (exact) mass is 239 g/mol. The van der Waals surface area contributed by atoms with Crippen LogP contribution in [0.25, 0.3) is 0 Å². The minimum atomic E-state index is -1.28. The fraction of sp³-hybridized carbons (Fsp3) is 0.273. The van der Waals surface area contributed by atoms with E-state index in [4.69, 9.17) is 14.6 Å². The molecular weight excluding hydrogens is 226 g/mol. The molecule has 0 atom stereocenters. The van der Waals surface area contributed by atoms with Gasteiger partial charge in [0.15, 0.2) is 18.0 Å². The average Bonchev–Trinajstić information content (AvgIpc) is 2.27. The molecule has 0 saturated heterocycles. The first-order valence-corrected chi connectivity index (χ1v) is 4.79. The van der Waals surface area contributed by atoms with Gasteiger partial charge in [-0.1, -0.05) is 0 Å². The van der Waals surface area contributed by atoms with E-state index < -0.39 is 5.97 Å². The Morgan fingerprint density at radius 3 is 2.59 bits per heavy atom. The third kappa shape index (κ3) is 3.67. The van der Waals surface area contributed by atoms with Crippen molar-refractivity contribution >= 4 is 12.2 Å². The van der Waals surface area contributed by atoms with Crippen LogP contribution in [0.15, 0.2) is 18.2 Å². The van der Waals surface area contributed by atoms with Crippen molar-refractivity contribution in [1.29, 1.82) is 0 Å². The third-order valence-corrected chi connectivity index (χ3v) is 2.04. The van der Waals surface area contributed by atoms with Crippen molar-refractivity contribution in [2.75, 3.05) is 14.2 Å². The molecule has 0 radical (unpaired) electrons. The molecule has 1 aromatic rings. The molecule has 92 valence electrons. The number of carboxylic acids is 1. The summed E-state index contributed by atoms with van der Waals surface area (Å²) in [6.45, 7) is -0.0628. The van der Waals surface area contributed by atoms with Gasteiger partial charge in [0.05, 0.1) is 14.2 Å². The van der Waals surface area contributed by atoms with Gasteiger partial charge in [0.25, 0.3) is 6.21 Å². The quantitative estimate of drug-likeness (QED) is 0.357. The van der Waals surface area contributed by atoms with Crippen LogP contribution in [0.4, 0.5) is 0 Å². The Kier molecular flexibility index (Phi) is 4.33. The molecule has 6 nitrogen and oxygen atoms in total. The normalized spacial score (nSPS) is 11.1. The standard InChI is InChI=1S/C11H13NO5/c1-16-9-4-3-8(5-10(9)17-2)6-12(15)7-11(13)14/h3-5,7H,6H2,1-2H3,(H,13,14). The fourth-order valence-electron chi connectivity index (χ4n) is 1.33. The lowest BCUT2D eigenvalue weighted by atomic mass is 10.2. The molecule has 6 heteroatoms. The molecule has 1 N–H and O–H groups in total. The van der Waals surface area contributed by atoms with Crippen LogP contribution < -0.4 is 9.47 Å². The van der Waals surface area contributed by atoms with Crippen molar-refractivity contribution in [1.82, 2.24) is 0 Å². The Morgan fingerprint density at radius 2 is 2.06 bits per heavy atom. The van der Waals surface area contributed by atoms with Crippen molar-refractivity contribution in [2.45, 2.75) is 6.54 Å². The SMILES string of the molecule is COc1ccc(C[N+]([O-])=CC(=O)O)cc1OC. The van der Waals surface area contributed by atoms with Gasteiger partial charge in [0.2, 0.25) is 0 Å². The highest BCUT2D eigenvalue weighted by atomic mass is 16.5. The zero-order valence-corrected chi connectivity index (χ0v) is 9.54. The number of rotatable bonds is 5. The van der Waals surface area contributed by atoms with Crippen LogP contribution >= 0.6 is 0 Å². The van der Waals surface area contributed by atoms with Gasteiger partial charge in [-0.25, -0.2) is 9.53 Å². The summed E-state index contributed by atoms with van der Waals surface area (Å²) in [7, 11) is 3.00. The molecule has 0 heterocycles.